The zero-order valence-electron chi connectivity index (χ0n) is 15.1. The van der Waals surface area contributed by atoms with Gasteiger partial charge in [0, 0.05) is 19.1 Å². The van der Waals surface area contributed by atoms with Crippen LogP contribution in [0.1, 0.15) is 31.4 Å². The van der Waals surface area contributed by atoms with E-state index in [0.717, 1.165) is 17.5 Å². The third-order valence-corrected chi connectivity index (χ3v) is 5.55. The summed E-state index contributed by atoms with van der Waals surface area (Å²) in [5.41, 5.74) is 2.71. The third-order valence-electron chi connectivity index (χ3n) is 5.24. The van der Waals surface area contributed by atoms with Crippen LogP contribution in [-0.4, -0.2) is 53.1 Å². The molecular formula is C18H25ClN4O2. The van der Waals surface area contributed by atoms with Crippen molar-refractivity contribution in [3.63, 3.8) is 0 Å². The normalized spacial score (nSPS) is 22.9. The molecule has 2 saturated heterocycles. The van der Waals surface area contributed by atoms with Gasteiger partial charge in [-0.3, -0.25) is 0 Å². The number of hydrogen-bond donors (Lipinski definition) is 2. The summed E-state index contributed by atoms with van der Waals surface area (Å²) in [4.78, 5) is 28.5. The Morgan fingerprint density at radius 2 is 2.08 bits per heavy atom. The Balaban J connectivity index is 1.70. The Bertz CT molecular complexity index is 707. The summed E-state index contributed by atoms with van der Waals surface area (Å²) in [5.74, 6) is 0. The molecule has 2 heterocycles. The predicted molar refractivity (Wildman–Crippen MR) is 99.2 cm³/mol. The molecule has 0 bridgehead atoms. The molecule has 0 radical (unpaired) electrons. The number of fused-ring (bicyclic) bond motifs is 1. The molecule has 2 aliphatic rings. The zero-order valence-corrected chi connectivity index (χ0v) is 15.9. The Morgan fingerprint density at radius 1 is 1.36 bits per heavy atom. The van der Waals surface area contributed by atoms with E-state index in [4.69, 9.17) is 11.6 Å². The van der Waals surface area contributed by atoms with Gasteiger partial charge in [-0.15, -0.1) is 0 Å². The fraction of sp³-hybridized carbons (Fsp3) is 0.556. The summed E-state index contributed by atoms with van der Waals surface area (Å²) in [5, 5.41) is 6.48. The molecule has 25 heavy (non-hydrogen) atoms. The number of amides is 4. The van der Waals surface area contributed by atoms with Crippen molar-refractivity contribution in [2.75, 3.05) is 18.4 Å². The standard InChI is InChI=1S/C18H25ClN4O2/c1-10(2)23-15-7-8-22(9-14(15)20-18(23)25)17(24)21-16-12(4)11(3)5-6-13(16)19/h5-6,10,14-15H,7-9H2,1-4H3,(H,20,25)(H,21,24)/t14-,15+/m1/s1. The average molecular weight is 365 g/mol. The zero-order chi connectivity index (χ0) is 18.3. The van der Waals surface area contributed by atoms with Crippen molar-refractivity contribution in [3.8, 4) is 0 Å². The SMILES string of the molecule is Cc1ccc(Cl)c(NC(=O)N2CC[C@H]3[C@@H](C2)NC(=O)N3C(C)C)c1C. The summed E-state index contributed by atoms with van der Waals surface area (Å²) < 4.78 is 0. The lowest BCUT2D eigenvalue weighted by molar-refractivity contribution is 0.138. The number of aryl methyl sites for hydroxylation is 1. The maximum absolute atomic E-state index is 12.7. The number of carbonyl (C=O) groups excluding carboxylic acids is 2. The maximum Gasteiger partial charge on any atom is 0.321 e. The van der Waals surface area contributed by atoms with E-state index < -0.39 is 0 Å². The molecule has 1 aromatic rings. The highest BCUT2D eigenvalue weighted by Crippen LogP contribution is 2.29. The van der Waals surface area contributed by atoms with Crippen LogP contribution in [0.25, 0.3) is 0 Å². The van der Waals surface area contributed by atoms with Crippen LogP contribution in [0.15, 0.2) is 12.1 Å². The van der Waals surface area contributed by atoms with Crippen LogP contribution in [0, 0.1) is 13.8 Å². The topological polar surface area (TPSA) is 64.7 Å². The van der Waals surface area contributed by atoms with E-state index >= 15 is 0 Å². The minimum absolute atomic E-state index is 0.0246. The lowest BCUT2D eigenvalue weighted by atomic mass is 9.99. The van der Waals surface area contributed by atoms with Crippen LogP contribution in [-0.2, 0) is 0 Å². The highest BCUT2D eigenvalue weighted by molar-refractivity contribution is 6.34. The molecule has 0 unspecified atom stereocenters. The molecule has 6 nitrogen and oxygen atoms in total. The van der Waals surface area contributed by atoms with E-state index in [0.29, 0.717) is 23.8 Å². The number of carbonyl (C=O) groups is 2. The Morgan fingerprint density at radius 3 is 2.76 bits per heavy atom. The van der Waals surface area contributed by atoms with Crippen LogP contribution in [0.4, 0.5) is 15.3 Å². The molecule has 4 amide bonds. The number of benzene rings is 1. The summed E-state index contributed by atoms with van der Waals surface area (Å²) in [6, 6.07) is 3.81. The third kappa shape index (κ3) is 3.27. The van der Waals surface area contributed by atoms with E-state index in [-0.39, 0.29) is 30.2 Å². The van der Waals surface area contributed by atoms with E-state index in [1.165, 1.54) is 0 Å². The van der Waals surface area contributed by atoms with Crippen molar-refractivity contribution in [3.05, 3.63) is 28.3 Å². The van der Waals surface area contributed by atoms with Crippen LogP contribution >= 0.6 is 11.6 Å². The van der Waals surface area contributed by atoms with Gasteiger partial charge in [-0.25, -0.2) is 9.59 Å². The number of anilines is 1. The number of likely N-dealkylation sites (tertiary alicyclic amines) is 1. The molecule has 2 aliphatic heterocycles. The van der Waals surface area contributed by atoms with Crippen molar-refractivity contribution >= 4 is 29.4 Å². The van der Waals surface area contributed by atoms with Gasteiger partial charge in [0.15, 0.2) is 0 Å². The van der Waals surface area contributed by atoms with Crippen LogP contribution in [0.2, 0.25) is 5.02 Å². The number of urea groups is 2. The van der Waals surface area contributed by atoms with Crippen LogP contribution in [0.5, 0.6) is 0 Å². The van der Waals surface area contributed by atoms with Gasteiger partial charge in [0.05, 0.1) is 22.8 Å². The molecule has 1 aromatic carbocycles. The number of halogens is 1. The lowest BCUT2D eigenvalue weighted by Gasteiger charge is -2.38. The summed E-state index contributed by atoms with van der Waals surface area (Å²) in [6.45, 7) is 9.09. The Hall–Kier alpha value is -1.95. The lowest BCUT2D eigenvalue weighted by Crippen LogP contribution is -2.54. The van der Waals surface area contributed by atoms with Crippen molar-refractivity contribution in [1.29, 1.82) is 0 Å². The first-order valence-electron chi connectivity index (χ1n) is 8.70. The van der Waals surface area contributed by atoms with Gasteiger partial charge >= 0.3 is 12.1 Å². The fourth-order valence-electron chi connectivity index (χ4n) is 3.72. The average Bonchev–Trinajstić information content (AvgIpc) is 2.89. The van der Waals surface area contributed by atoms with Gasteiger partial charge in [-0.1, -0.05) is 17.7 Å². The molecule has 3 rings (SSSR count). The number of nitrogens with zero attached hydrogens (tertiary/aromatic N) is 2. The fourth-order valence-corrected chi connectivity index (χ4v) is 3.97. The van der Waals surface area contributed by atoms with Gasteiger partial charge in [-0.05, 0) is 51.3 Å². The highest BCUT2D eigenvalue weighted by atomic mass is 35.5. The maximum atomic E-state index is 12.7. The monoisotopic (exact) mass is 364 g/mol. The van der Waals surface area contributed by atoms with E-state index in [1.54, 1.807) is 11.0 Å². The van der Waals surface area contributed by atoms with Crippen LogP contribution in [0.3, 0.4) is 0 Å². The molecule has 0 aromatic heterocycles. The van der Waals surface area contributed by atoms with Gasteiger partial charge in [0.2, 0.25) is 0 Å². The molecule has 2 fully saturated rings. The van der Waals surface area contributed by atoms with E-state index in [9.17, 15) is 9.59 Å². The first-order chi connectivity index (χ1) is 11.8. The molecule has 2 atom stereocenters. The van der Waals surface area contributed by atoms with E-state index in [2.05, 4.69) is 10.6 Å². The number of piperidine rings is 1. The van der Waals surface area contributed by atoms with E-state index in [1.807, 2.05) is 38.7 Å². The summed E-state index contributed by atoms with van der Waals surface area (Å²) >= 11 is 6.25. The first-order valence-corrected chi connectivity index (χ1v) is 9.08. The largest absolute Gasteiger partial charge is 0.331 e. The second kappa shape index (κ2) is 6.75. The second-order valence-electron chi connectivity index (χ2n) is 7.15. The summed E-state index contributed by atoms with van der Waals surface area (Å²) in [7, 11) is 0. The van der Waals surface area contributed by atoms with Crippen LogP contribution < -0.4 is 10.6 Å². The Kier molecular flexibility index (Phi) is 4.82. The van der Waals surface area contributed by atoms with Crippen molar-refractivity contribution in [2.24, 2.45) is 0 Å². The number of hydrogen-bond acceptors (Lipinski definition) is 2. The number of nitrogens with one attached hydrogen (secondary N) is 2. The smallest absolute Gasteiger partial charge is 0.321 e. The first kappa shape index (κ1) is 17.9. The van der Waals surface area contributed by atoms with Gasteiger partial charge < -0.3 is 20.4 Å². The second-order valence-corrected chi connectivity index (χ2v) is 7.56. The molecule has 0 spiro atoms. The van der Waals surface area contributed by atoms with Gasteiger partial charge in [0.1, 0.15) is 0 Å². The minimum Gasteiger partial charge on any atom is -0.331 e. The molecular weight excluding hydrogens is 340 g/mol. The molecule has 0 aliphatic carbocycles. The molecule has 2 N–H and O–H groups in total. The highest BCUT2D eigenvalue weighted by Gasteiger charge is 2.44. The predicted octanol–water partition coefficient (Wildman–Crippen LogP) is 3.37. The summed E-state index contributed by atoms with van der Waals surface area (Å²) in [6.07, 6.45) is 0.773. The Labute approximate surface area is 153 Å². The minimum atomic E-state index is -0.175. The quantitative estimate of drug-likeness (QED) is 0.845. The van der Waals surface area contributed by atoms with Crippen molar-refractivity contribution in [2.45, 2.75) is 52.2 Å². The van der Waals surface area contributed by atoms with Gasteiger partial charge in [-0.2, -0.15) is 0 Å². The van der Waals surface area contributed by atoms with Crippen molar-refractivity contribution in [1.82, 2.24) is 15.1 Å². The number of rotatable bonds is 2. The molecule has 7 heteroatoms. The molecule has 136 valence electrons. The van der Waals surface area contributed by atoms with Gasteiger partial charge in [0.25, 0.3) is 0 Å². The molecule has 0 saturated carbocycles. The van der Waals surface area contributed by atoms with Crippen molar-refractivity contribution < 1.29 is 9.59 Å².